The lowest BCUT2D eigenvalue weighted by Crippen LogP contribution is -2.49. The van der Waals surface area contributed by atoms with Crippen LogP contribution in [0.15, 0.2) is 57.5 Å². The van der Waals surface area contributed by atoms with Crippen LogP contribution in [0.3, 0.4) is 0 Å². The van der Waals surface area contributed by atoms with Gasteiger partial charge in [-0.2, -0.15) is 9.40 Å². The Morgan fingerprint density at radius 3 is 2.34 bits per heavy atom. The summed E-state index contributed by atoms with van der Waals surface area (Å²) in [6, 6.07) is 13.9. The molecule has 1 aliphatic heterocycles. The smallest absolute Gasteiger partial charge is 0.266 e. The zero-order chi connectivity index (χ0) is 22.7. The highest BCUT2D eigenvalue weighted by Gasteiger charge is 2.29. The van der Waals surface area contributed by atoms with Crippen molar-refractivity contribution in [3.8, 4) is 17.0 Å². The molecule has 2 aromatic heterocycles. The molecule has 0 atom stereocenters. The predicted molar refractivity (Wildman–Crippen MR) is 125 cm³/mol. The fourth-order valence-corrected chi connectivity index (χ4v) is 6.58. The molecule has 0 amide bonds. The van der Waals surface area contributed by atoms with Gasteiger partial charge in [-0.15, -0.1) is 11.3 Å². The van der Waals surface area contributed by atoms with E-state index in [1.807, 2.05) is 24.3 Å². The highest BCUT2D eigenvalue weighted by atomic mass is 35.5. The fourth-order valence-electron chi connectivity index (χ4n) is 3.52. The van der Waals surface area contributed by atoms with Crippen molar-refractivity contribution in [3.63, 3.8) is 0 Å². The van der Waals surface area contributed by atoms with Gasteiger partial charge in [0.05, 0.1) is 23.7 Å². The predicted octanol–water partition coefficient (Wildman–Crippen LogP) is 2.64. The second-order valence-corrected chi connectivity index (χ2v) is 11.2. The summed E-state index contributed by atoms with van der Waals surface area (Å²) in [6.07, 6.45) is 0. The quantitative estimate of drug-likeness (QED) is 0.502. The number of halogens is 1. The normalized spacial score (nSPS) is 15.7. The molecule has 1 saturated heterocycles. The number of ether oxygens (including phenoxy) is 1. The van der Waals surface area contributed by atoms with Gasteiger partial charge in [-0.3, -0.25) is 9.69 Å². The minimum absolute atomic E-state index is 0.168. The van der Waals surface area contributed by atoms with Crippen LogP contribution in [0.4, 0.5) is 0 Å². The molecule has 3 aromatic rings. The van der Waals surface area contributed by atoms with E-state index in [-0.39, 0.29) is 9.77 Å². The lowest BCUT2D eigenvalue weighted by molar-refractivity contribution is 0.180. The van der Waals surface area contributed by atoms with Crippen molar-refractivity contribution in [1.29, 1.82) is 0 Å². The lowest BCUT2D eigenvalue weighted by atomic mass is 10.1. The molecule has 32 heavy (non-hydrogen) atoms. The Hall–Kier alpha value is -2.24. The van der Waals surface area contributed by atoms with Crippen molar-refractivity contribution < 1.29 is 13.2 Å². The van der Waals surface area contributed by atoms with Crippen molar-refractivity contribution in [3.05, 3.63) is 63.2 Å². The van der Waals surface area contributed by atoms with Crippen molar-refractivity contribution >= 4 is 33.0 Å². The van der Waals surface area contributed by atoms with Gasteiger partial charge in [0, 0.05) is 44.4 Å². The Labute approximate surface area is 195 Å². The molecular formula is C21H23ClN4O4S2. The molecule has 3 heterocycles. The summed E-state index contributed by atoms with van der Waals surface area (Å²) in [5.41, 5.74) is 1.43. The largest absolute Gasteiger partial charge is 0.497 e. The number of hydrogen-bond acceptors (Lipinski definition) is 7. The third-order valence-corrected chi connectivity index (χ3v) is 8.95. The summed E-state index contributed by atoms with van der Waals surface area (Å²) >= 11 is 6.96. The SMILES string of the molecule is COc1ccc(-c2ccc(=O)n(CCN3CCN(S(=O)(=O)c4ccc(Cl)s4)CC3)n2)cc1. The van der Waals surface area contributed by atoms with Crippen LogP contribution in [0.5, 0.6) is 5.75 Å². The monoisotopic (exact) mass is 494 g/mol. The Morgan fingerprint density at radius 2 is 1.72 bits per heavy atom. The minimum Gasteiger partial charge on any atom is -0.497 e. The topological polar surface area (TPSA) is 84.7 Å². The number of nitrogens with zero attached hydrogens (tertiary/aromatic N) is 4. The zero-order valence-electron chi connectivity index (χ0n) is 17.5. The number of sulfonamides is 1. The van der Waals surface area contributed by atoms with Crippen LogP contribution < -0.4 is 10.3 Å². The highest BCUT2D eigenvalue weighted by Crippen LogP contribution is 2.28. The molecule has 0 aliphatic carbocycles. The lowest BCUT2D eigenvalue weighted by Gasteiger charge is -2.33. The van der Waals surface area contributed by atoms with E-state index < -0.39 is 10.0 Å². The second kappa shape index (κ2) is 9.72. The van der Waals surface area contributed by atoms with Gasteiger partial charge in [0.1, 0.15) is 9.96 Å². The van der Waals surface area contributed by atoms with Crippen LogP contribution in [0.2, 0.25) is 4.34 Å². The Kier molecular flexibility index (Phi) is 6.96. The van der Waals surface area contributed by atoms with Gasteiger partial charge in [-0.05, 0) is 42.5 Å². The number of thiophene rings is 1. The Balaban J connectivity index is 1.37. The average molecular weight is 495 g/mol. The van der Waals surface area contributed by atoms with Gasteiger partial charge in [-0.25, -0.2) is 13.1 Å². The molecule has 8 nitrogen and oxygen atoms in total. The van der Waals surface area contributed by atoms with E-state index in [4.69, 9.17) is 16.3 Å². The molecule has 1 fully saturated rings. The summed E-state index contributed by atoms with van der Waals surface area (Å²) in [6.45, 7) is 3.00. The maximum Gasteiger partial charge on any atom is 0.266 e. The van der Waals surface area contributed by atoms with E-state index in [9.17, 15) is 13.2 Å². The van der Waals surface area contributed by atoms with E-state index in [0.29, 0.717) is 49.3 Å². The molecule has 0 unspecified atom stereocenters. The van der Waals surface area contributed by atoms with Gasteiger partial charge < -0.3 is 4.74 Å². The molecule has 11 heteroatoms. The molecule has 0 saturated carbocycles. The van der Waals surface area contributed by atoms with Crippen LogP contribution in [0.25, 0.3) is 11.3 Å². The molecule has 0 N–H and O–H groups in total. The molecule has 1 aromatic carbocycles. The fraction of sp³-hybridized carbons (Fsp3) is 0.333. The van der Waals surface area contributed by atoms with Gasteiger partial charge in [0.2, 0.25) is 0 Å². The first kappa shape index (κ1) is 22.9. The number of benzene rings is 1. The van der Waals surface area contributed by atoms with Gasteiger partial charge >= 0.3 is 0 Å². The second-order valence-electron chi connectivity index (χ2n) is 7.31. The van der Waals surface area contributed by atoms with Crippen LogP contribution in [-0.4, -0.2) is 67.2 Å². The van der Waals surface area contributed by atoms with E-state index in [0.717, 1.165) is 22.6 Å². The molecular weight excluding hydrogens is 472 g/mol. The van der Waals surface area contributed by atoms with E-state index in [1.54, 1.807) is 25.3 Å². The number of methoxy groups -OCH3 is 1. The first-order chi connectivity index (χ1) is 15.4. The first-order valence-electron chi connectivity index (χ1n) is 10.1. The molecule has 1 aliphatic rings. The van der Waals surface area contributed by atoms with Crippen molar-refractivity contribution in [2.24, 2.45) is 0 Å². The van der Waals surface area contributed by atoms with Crippen LogP contribution >= 0.6 is 22.9 Å². The third kappa shape index (κ3) is 5.05. The number of aromatic nitrogens is 2. The van der Waals surface area contributed by atoms with Crippen LogP contribution in [0.1, 0.15) is 0 Å². The van der Waals surface area contributed by atoms with E-state index in [2.05, 4.69) is 10.00 Å². The van der Waals surface area contributed by atoms with Crippen molar-refractivity contribution in [2.75, 3.05) is 39.8 Å². The summed E-state index contributed by atoms with van der Waals surface area (Å²) in [5, 5.41) is 4.50. The molecule has 0 radical (unpaired) electrons. The molecule has 0 bridgehead atoms. The molecule has 170 valence electrons. The van der Waals surface area contributed by atoms with Crippen molar-refractivity contribution in [1.82, 2.24) is 19.0 Å². The zero-order valence-corrected chi connectivity index (χ0v) is 19.9. The third-order valence-electron chi connectivity index (χ3n) is 5.35. The number of hydrogen-bond donors (Lipinski definition) is 0. The Morgan fingerprint density at radius 1 is 1.00 bits per heavy atom. The van der Waals surface area contributed by atoms with Gasteiger partial charge in [-0.1, -0.05) is 11.6 Å². The van der Waals surface area contributed by atoms with Gasteiger partial charge in [0.15, 0.2) is 0 Å². The maximum absolute atomic E-state index is 12.7. The summed E-state index contributed by atoms with van der Waals surface area (Å²) < 4.78 is 34.3. The molecule has 4 rings (SSSR count). The van der Waals surface area contributed by atoms with E-state index >= 15 is 0 Å². The van der Waals surface area contributed by atoms with Crippen molar-refractivity contribution in [2.45, 2.75) is 10.8 Å². The maximum atomic E-state index is 12.7. The summed E-state index contributed by atoms with van der Waals surface area (Å²) in [7, 11) is -1.90. The standard InChI is InChI=1S/C21H23ClN4O4S2/c1-30-17-4-2-16(3-5-17)18-6-8-20(27)26(23-18)15-12-24-10-13-25(14-11-24)32(28,29)21-9-7-19(22)31-21/h2-9H,10-15H2,1H3. The highest BCUT2D eigenvalue weighted by molar-refractivity contribution is 7.91. The first-order valence-corrected chi connectivity index (χ1v) is 12.7. The summed E-state index contributed by atoms with van der Waals surface area (Å²) in [5.74, 6) is 0.755. The van der Waals surface area contributed by atoms with E-state index in [1.165, 1.54) is 15.1 Å². The van der Waals surface area contributed by atoms with Crippen LogP contribution in [0, 0.1) is 0 Å². The minimum atomic E-state index is -3.52. The average Bonchev–Trinajstić information content (AvgIpc) is 3.26. The number of rotatable bonds is 7. The number of piperazine rings is 1. The summed E-state index contributed by atoms with van der Waals surface area (Å²) in [4.78, 5) is 14.4. The Bertz CT molecular complexity index is 1230. The van der Waals surface area contributed by atoms with Gasteiger partial charge in [0.25, 0.3) is 15.6 Å². The van der Waals surface area contributed by atoms with Crippen LogP contribution in [-0.2, 0) is 16.6 Å². The molecule has 0 spiro atoms.